The van der Waals surface area contributed by atoms with Crippen LogP contribution in [0.5, 0.6) is 0 Å². The van der Waals surface area contributed by atoms with E-state index in [9.17, 15) is 18.8 Å². The number of hydrogen-bond donors (Lipinski definition) is 1. The van der Waals surface area contributed by atoms with Crippen molar-refractivity contribution < 1.29 is 23.5 Å². The molecule has 0 aliphatic carbocycles. The summed E-state index contributed by atoms with van der Waals surface area (Å²) in [7, 11) is 0. The Kier molecular flexibility index (Phi) is 5.56. The summed E-state index contributed by atoms with van der Waals surface area (Å²) < 4.78 is 19.9. The number of ketones is 1. The molecule has 0 saturated carbocycles. The van der Waals surface area contributed by atoms with Crippen molar-refractivity contribution in [2.45, 2.75) is 58.4 Å². The Bertz CT molecular complexity index is 848. The van der Waals surface area contributed by atoms with Crippen molar-refractivity contribution in [1.82, 2.24) is 15.2 Å². The highest BCUT2D eigenvalue weighted by atomic mass is 32.1. The van der Waals surface area contributed by atoms with E-state index in [0.717, 1.165) is 5.01 Å². The minimum Gasteiger partial charge on any atom is -0.482 e. The summed E-state index contributed by atoms with van der Waals surface area (Å²) in [4.78, 5) is 43.3. The van der Waals surface area contributed by atoms with Crippen LogP contribution in [0.3, 0.4) is 0 Å². The van der Waals surface area contributed by atoms with Crippen LogP contribution in [-0.2, 0) is 14.3 Å². The molecular formula is C19H24FN3O4S. The lowest BCUT2D eigenvalue weighted by molar-refractivity contribution is -0.131. The van der Waals surface area contributed by atoms with Crippen LogP contribution >= 0.6 is 11.3 Å². The summed E-state index contributed by atoms with van der Waals surface area (Å²) in [6.45, 7) is 7.18. The molecule has 2 aliphatic heterocycles. The van der Waals surface area contributed by atoms with Gasteiger partial charge in [0, 0.05) is 31.5 Å². The molecule has 28 heavy (non-hydrogen) atoms. The number of carbonyl (C=O) groups is 3. The molecule has 2 atom stereocenters. The Balaban J connectivity index is 1.69. The predicted octanol–water partition coefficient (Wildman–Crippen LogP) is 2.08. The second-order valence-corrected chi connectivity index (χ2v) is 9.08. The van der Waals surface area contributed by atoms with Crippen LogP contribution in [0.15, 0.2) is 11.8 Å². The molecule has 1 aromatic rings. The van der Waals surface area contributed by atoms with Crippen molar-refractivity contribution in [2.24, 2.45) is 0 Å². The number of ether oxygens (including phenoxy) is 1. The summed E-state index contributed by atoms with van der Waals surface area (Å²) in [6, 6.07) is -0.570. The number of piperidine rings is 1. The molecule has 1 aromatic heterocycles. The van der Waals surface area contributed by atoms with E-state index in [-0.39, 0.29) is 43.4 Å². The first-order chi connectivity index (χ1) is 13.0. The van der Waals surface area contributed by atoms with Gasteiger partial charge in [0.05, 0.1) is 17.2 Å². The number of thiazole rings is 1. The van der Waals surface area contributed by atoms with Gasteiger partial charge in [-0.25, -0.2) is 9.37 Å². The quantitative estimate of drug-likeness (QED) is 0.826. The van der Waals surface area contributed by atoms with Crippen LogP contribution in [0.25, 0.3) is 0 Å². The van der Waals surface area contributed by atoms with Crippen molar-refractivity contribution in [2.75, 3.05) is 13.1 Å². The van der Waals surface area contributed by atoms with Crippen LogP contribution in [0.4, 0.5) is 4.39 Å². The van der Waals surface area contributed by atoms with Crippen molar-refractivity contribution in [3.8, 4) is 0 Å². The number of rotatable bonds is 3. The number of halogens is 1. The number of aromatic nitrogens is 1. The predicted molar refractivity (Wildman–Crippen MR) is 102 cm³/mol. The lowest BCUT2D eigenvalue weighted by atomic mass is 9.98. The molecule has 3 heterocycles. The number of nitrogens with one attached hydrogen (secondary N) is 1. The van der Waals surface area contributed by atoms with Crippen molar-refractivity contribution in [3.63, 3.8) is 0 Å². The molecule has 1 fully saturated rings. The average molecular weight is 409 g/mol. The molecule has 1 saturated heterocycles. The van der Waals surface area contributed by atoms with Gasteiger partial charge in [0.15, 0.2) is 11.5 Å². The molecule has 7 nitrogen and oxygen atoms in total. The van der Waals surface area contributed by atoms with Crippen LogP contribution < -0.4 is 5.32 Å². The molecule has 3 rings (SSSR count). The number of likely N-dealkylation sites (tertiary alicyclic amines) is 1. The maximum Gasteiger partial charge on any atom is 0.286 e. The molecule has 2 amide bonds. The van der Waals surface area contributed by atoms with Gasteiger partial charge in [-0.2, -0.15) is 0 Å². The lowest BCUT2D eigenvalue weighted by Gasteiger charge is -2.36. The molecule has 9 heteroatoms. The van der Waals surface area contributed by atoms with Crippen LogP contribution in [-0.4, -0.2) is 58.4 Å². The Labute approximate surface area is 167 Å². The van der Waals surface area contributed by atoms with Gasteiger partial charge in [0.25, 0.3) is 11.8 Å². The molecule has 0 aromatic carbocycles. The molecule has 1 N–H and O–H groups in total. The van der Waals surface area contributed by atoms with E-state index >= 15 is 0 Å². The fourth-order valence-electron chi connectivity index (χ4n) is 3.53. The number of hydrogen-bond acceptors (Lipinski definition) is 6. The zero-order chi connectivity index (χ0) is 20.6. The van der Waals surface area contributed by atoms with E-state index in [2.05, 4.69) is 10.3 Å². The van der Waals surface area contributed by atoms with Gasteiger partial charge < -0.3 is 15.0 Å². The Morgan fingerprint density at radius 3 is 2.68 bits per heavy atom. The zero-order valence-corrected chi connectivity index (χ0v) is 17.2. The van der Waals surface area contributed by atoms with Crippen molar-refractivity contribution in [1.29, 1.82) is 0 Å². The van der Waals surface area contributed by atoms with E-state index in [0.29, 0.717) is 10.6 Å². The number of nitrogens with zero attached hydrogens (tertiary/aromatic N) is 2. The van der Waals surface area contributed by atoms with E-state index in [1.54, 1.807) is 20.8 Å². The van der Waals surface area contributed by atoms with Crippen molar-refractivity contribution in [3.05, 3.63) is 27.4 Å². The van der Waals surface area contributed by atoms with Gasteiger partial charge in [-0.3, -0.25) is 14.4 Å². The lowest BCUT2D eigenvalue weighted by Crippen LogP contribution is -2.54. The van der Waals surface area contributed by atoms with Crippen molar-refractivity contribution >= 4 is 28.9 Å². The van der Waals surface area contributed by atoms with E-state index in [1.807, 2.05) is 6.92 Å². The summed E-state index contributed by atoms with van der Waals surface area (Å²) >= 11 is 1.28. The normalized spacial score (nSPS) is 24.4. The number of aryl methyl sites for hydroxylation is 2. The Morgan fingerprint density at radius 2 is 2.07 bits per heavy atom. The first-order valence-corrected chi connectivity index (χ1v) is 9.97. The smallest absolute Gasteiger partial charge is 0.286 e. The number of carbonyl (C=O) groups excluding carboxylic acids is 3. The largest absolute Gasteiger partial charge is 0.482 e. The second kappa shape index (κ2) is 7.62. The van der Waals surface area contributed by atoms with Gasteiger partial charge in [-0.1, -0.05) is 0 Å². The first kappa shape index (κ1) is 20.4. The molecule has 0 unspecified atom stereocenters. The third-order valence-electron chi connectivity index (χ3n) is 4.62. The summed E-state index contributed by atoms with van der Waals surface area (Å²) in [5, 5.41) is 3.47. The summed E-state index contributed by atoms with van der Waals surface area (Å²) in [5.41, 5.74) is -0.146. The topological polar surface area (TPSA) is 88.6 Å². The maximum absolute atomic E-state index is 14.3. The SMILES string of the molecule is Cc1nc(C)c(C(=O)N2C[C@H](F)C[C@H](NC(=O)C3=CC(=O)CC(C)(C)O3)C2)s1. The molecule has 2 aliphatic rings. The minimum absolute atomic E-state index is 0.0215. The van der Waals surface area contributed by atoms with Gasteiger partial charge >= 0.3 is 0 Å². The fourth-order valence-corrected chi connectivity index (χ4v) is 4.42. The molecule has 0 radical (unpaired) electrons. The molecular weight excluding hydrogens is 385 g/mol. The van der Waals surface area contributed by atoms with E-state index < -0.39 is 23.7 Å². The van der Waals surface area contributed by atoms with Gasteiger partial charge in [-0.05, 0) is 27.7 Å². The van der Waals surface area contributed by atoms with E-state index in [4.69, 9.17) is 4.74 Å². The second-order valence-electron chi connectivity index (χ2n) is 7.87. The molecule has 0 bridgehead atoms. The van der Waals surface area contributed by atoms with Crippen LogP contribution in [0, 0.1) is 13.8 Å². The standard InChI is InChI=1S/C19H24FN3O4S/c1-10-16(28-11(2)21-10)18(26)23-8-12(20)5-13(9-23)22-17(25)15-6-14(24)7-19(3,4)27-15/h6,12-13H,5,7-9H2,1-4H3,(H,22,25)/t12-,13+/m1/s1. The number of allylic oxidation sites excluding steroid dienone is 1. The van der Waals surface area contributed by atoms with Gasteiger partial charge in [0.1, 0.15) is 16.6 Å². The maximum atomic E-state index is 14.3. The average Bonchev–Trinajstić information content (AvgIpc) is 2.90. The first-order valence-electron chi connectivity index (χ1n) is 9.16. The Hall–Kier alpha value is -2.29. The minimum atomic E-state index is -1.25. The molecule has 152 valence electrons. The molecule has 0 spiro atoms. The van der Waals surface area contributed by atoms with Crippen LogP contribution in [0.2, 0.25) is 0 Å². The highest BCUT2D eigenvalue weighted by Crippen LogP contribution is 2.26. The fraction of sp³-hybridized carbons (Fsp3) is 0.579. The zero-order valence-electron chi connectivity index (χ0n) is 16.4. The summed E-state index contributed by atoms with van der Waals surface area (Å²) in [5.74, 6) is -1.12. The third-order valence-corrected chi connectivity index (χ3v) is 5.68. The van der Waals surface area contributed by atoms with Crippen LogP contribution in [0.1, 0.15) is 47.1 Å². The number of amides is 2. The monoisotopic (exact) mass is 409 g/mol. The highest BCUT2D eigenvalue weighted by Gasteiger charge is 2.36. The Morgan fingerprint density at radius 1 is 1.36 bits per heavy atom. The van der Waals surface area contributed by atoms with E-state index in [1.165, 1.54) is 22.3 Å². The summed E-state index contributed by atoms with van der Waals surface area (Å²) in [6.07, 6.45) is 0.204. The van der Waals surface area contributed by atoms with Gasteiger partial charge in [0.2, 0.25) is 0 Å². The third kappa shape index (κ3) is 4.57. The van der Waals surface area contributed by atoms with Gasteiger partial charge in [-0.15, -0.1) is 11.3 Å². The number of alkyl halides is 1. The highest BCUT2D eigenvalue weighted by molar-refractivity contribution is 7.13.